The van der Waals surface area contributed by atoms with Crippen LogP contribution in [0.1, 0.15) is 18.4 Å². The van der Waals surface area contributed by atoms with E-state index in [9.17, 15) is 12.8 Å². The number of rotatable bonds is 2. The molecule has 0 bridgehead atoms. The molecule has 2 aliphatic heterocycles. The van der Waals surface area contributed by atoms with Gasteiger partial charge in [-0.1, -0.05) is 0 Å². The van der Waals surface area contributed by atoms with E-state index in [1.807, 2.05) is 0 Å². The minimum atomic E-state index is -3.55. The first-order valence-corrected chi connectivity index (χ1v) is 9.40. The maximum absolute atomic E-state index is 13.2. The molecule has 116 valence electrons. The van der Waals surface area contributed by atoms with Crippen LogP contribution in [0.2, 0.25) is 0 Å². The number of sulfonamides is 1. The molecule has 1 aromatic rings. The number of nitrogens with zero attached hydrogens (tertiary/aromatic N) is 1. The lowest BCUT2D eigenvalue weighted by Crippen LogP contribution is -2.45. The molecule has 4 nitrogen and oxygen atoms in total. The van der Waals surface area contributed by atoms with E-state index in [1.54, 1.807) is 18.7 Å². The van der Waals surface area contributed by atoms with Crippen molar-refractivity contribution in [1.82, 2.24) is 4.31 Å². The van der Waals surface area contributed by atoms with Crippen LogP contribution in [0.4, 0.5) is 4.39 Å². The summed E-state index contributed by atoms with van der Waals surface area (Å²) >= 11 is 1.79. The van der Waals surface area contributed by atoms with E-state index in [0.717, 1.165) is 12.4 Å². The Morgan fingerprint density at radius 3 is 2.62 bits per heavy atom. The molecule has 0 saturated carbocycles. The van der Waals surface area contributed by atoms with Crippen molar-refractivity contribution in [3.8, 4) is 0 Å². The van der Waals surface area contributed by atoms with Crippen LogP contribution in [-0.4, -0.2) is 43.1 Å². The molecule has 0 radical (unpaired) electrons. The highest BCUT2D eigenvalue weighted by Crippen LogP contribution is 2.42. The molecular weight excluding hydrogens is 313 g/mol. The van der Waals surface area contributed by atoms with Crippen LogP contribution in [0.3, 0.4) is 0 Å². The van der Waals surface area contributed by atoms with Gasteiger partial charge in [-0.3, -0.25) is 0 Å². The summed E-state index contributed by atoms with van der Waals surface area (Å²) in [6, 6.07) is 3.81. The Hall–Kier alpha value is -0.630. The zero-order valence-electron chi connectivity index (χ0n) is 11.8. The van der Waals surface area contributed by atoms with Crippen molar-refractivity contribution in [3.63, 3.8) is 0 Å². The standard InChI is InChI=1S/C14H18FNO3S2/c1-11-10-12(15)2-3-13(11)21(17,18)16-6-4-14(5-7-16)19-8-9-20-14/h2-3,10H,4-9H2,1H3. The lowest BCUT2D eigenvalue weighted by atomic mass is 10.1. The number of halogens is 1. The highest BCUT2D eigenvalue weighted by Gasteiger charge is 2.42. The first-order chi connectivity index (χ1) is 9.93. The second-order valence-corrected chi connectivity index (χ2v) is 8.77. The Bertz CT molecular complexity index is 632. The molecule has 0 amide bonds. The van der Waals surface area contributed by atoms with Crippen LogP contribution in [0.25, 0.3) is 0 Å². The molecule has 1 aromatic carbocycles. The van der Waals surface area contributed by atoms with Gasteiger partial charge >= 0.3 is 0 Å². The SMILES string of the molecule is Cc1cc(F)ccc1S(=O)(=O)N1CCC2(CC1)OCCS2. The van der Waals surface area contributed by atoms with Crippen molar-refractivity contribution >= 4 is 21.8 Å². The highest BCUT2D eigenvalue weighted by atomic mass is 32.2. The summed E-state index contributed by atoms with van der Waals surface area (Å²) in [6.07, 6.45) is 1.41. The summed E-state index contributed by atoms with van der Waals surface area (Å²) in [5.74, 6) is 0.559. The van der Waals surface area contributed by atoms with Crippen LogP contribution < -0.4 is 0 Å². The first kappa shape index (κ1) is 15.3. The fourth-order valence-corrected chi connectivity index (χ4v) is 5.72. The molecule has 0 N–H and O–H groups in total. The summed E-state index contributed by atoms with van der Waals surface area (Å²) < 4.78 is 45.8. The second-order valence-electron chi connectivity index (χ2n) is 5.42. The van der Waals surface area contributed by atoms with Crippen molar-refractivity contribution in [2.45, 2.75) is 29.6 Å². The van der Waals surface area contributed by atoms with Gasteiger partial charge in [0.1, 0.15) is 10.8 Å². The largest absolute Gasteiger partial charge is 0.363 e. The quantitative estimate of drug-likeness (QED) is 0.835. The van der Waals surface area contributed by atoms with Crippen molar-refractivity contribution in [2.75, 3.05) is 25.4 Å². The predicted octanol–water partition coefficient (Wildman–Crippen LogP) is 2.38. The Morgan fingerprint density at radius 2 is 2.05 bits per heavy atom. The number of thioether (sulfide) groups is 1. The topological polar surface area (TPSA) is 46.6 Å². The van der Waals surface area contributed by atoms with Crippen LogP contribution in [0.5, 0.6) is 0 Å². The molecule has 3 rings (SSSR count). The molecular formula is C14H18FNO3S2. The molecule has 2 aliphatic rings. The zero-order valence-corrected chi connectivity index (χ0v) is 13.5. The summed E-state index contributed by atoms with van der Waals surface area (Å²) in [5, 5.41) is 0. The van der Waals surface area contributed by atoms with Crippen LogP contribution in [-0.2, 0) is 14.8 Å². The predicted molar refractivity (Wildman–Crippen MR) is 80.3 cm³/mol. The van der Waals surface area contributed by atoms with E-state index in [2.05, 4.69) is 0 Å². The van der Waals surface area contributed by atoms with E-state index < -0.39 is 15.8 Å². The van der Waals surface area contributed by atoms with E-state index in [1.165, 1.54) is 22.5 Å². The fourth-order valence-electron chi connectivity index (χ4n) is 2.89. The summed E-state index contributed by atoms with van der Waals surface area (Å²) in [5.41, 5.74) is 0.446. The number of hydrogen-bond acceptors (Lipinski definition) is 4. The van der Waals surface area contributed by atoms with Crippen LogP contribution in [0, 0.1) is 12.7 Å². The van der Waals surface area contributed by atoms with Gasteiger partial charge in [0, 0.05) is 18.8 Å². The van der Waals surface area contributed by atoms with Crippen LogP contribution in [0.15, 0.2) is 23.1 Å². The van der Waals surface area contributed by atoms with Gasteiger partial charge in [0.15, 0.2) is 0 Å². The number of benzene rings is 1. The molecule has 0 aromatic heterocycles. The van der Waals surface area contributed by atoms with Gasteiger partial charge in [0.25, 0.3) is 0 Å². The van der Waals surface area contributed by atoms with Crippen molar-refractivity contribution in [1.29, 1.82) is 0 Å². The summed E-state index contributed by atoms with van der Waals surface area (Å²) in [7, 11) is -3.55. The number of hydrogen-bond donors (Lipinski definition) is 0. The highest BCUT2D eigenvalue weighted by molar-refractivity contribution is 8.00. The molecule has 0 atom stereocenters. The number of aryl methyl sites for hydroxylation is 1. The Balaban J connectivity index is 1.80. The Kier molecular flexibility index (Phi) is 4.02. The lowest BCUT2D eigenvalue weighted by molar-refractivity contribution is 0.0162. The zero-order chi connectivity index (χ0) is 15.1. The van der Waals surface area contributed by atoms with Crippen LogP contribution >= 0.6 is 11.8 Å². The van der Waals surface area contributed by atoms with Gasteiger partial charge < -0.3 is 4.74 Å². The molecule has 21 heavy (non-hydrogen) atoms. The third-order valence-corrected chi connectivity index (χ3v) is 7.53. The van der Waals surface area contributed by atoms with Gasteiger partial charge in [-0.2, -0.15) is 4.31 Å². The van der Waals surface area contributed by atoms with Gasteiger partial charge in [-0.25, -0.2) is 12.8 Å². The molecule has 1 spiro atoms. The van der Waals surface area contributed by atoms with E-state index in [4.69, 9.17) is 4.74 Å². The number of piperidine rings is 1. The summed E-state index contributed by atoms with van der Waals surface area (Å²) in [6.45, 7) is 3.27. The van der Waals surface area contributed by atoms with Crippen molar-refractivity contribution in [3.05, 3.63) is 29.6 Å². The number of ether oxygens (including phenoxy) is 1. The third kappa shape index (κ3) is 2.84. The van der Waals surface area contributed by atoms with Gasteiger partial charge in [-0.15, -0.1) is 11.8 Å². The third-order valence-electron chi connectivity index (χ3n) is 4.05. The molecule has 0 aliphatic carbocycles. The smallest absolute Gasteiger partial charge is 0.243 e. The average molecular weight is 331 g/mol. The molecule has 0 unspecified atom stereocenters. The van der Waals surface area contributed by atoms with E-state index in [-0.39, 0.29) is 9.83 Å². The monoisotopic (exact) mass is 331 g/mol. The first-order valence-electron chi connectivity index (χ1n) is 6.97. The van der Waals surface area contributed by atoms with Crippen molar-refractivity contribution in [2.24, 2.45) is 0 Å². The molecule has 2 fully saturated rings. The van der Waals surface area contributed by atoms with Gasteiger partial charge in [0.05, 0.1) is 11.5 Å². The Morgan fingerprint density at radius 1 is 1.33 bits per heavy atom. The Labute approximate surface area is 128 Å². The molecule has 2 saturated heterocycles. The average Bonchev–Trinajstić information content (AvgIpc) is 2.87. The van der Waals surface area contributed by atoms with Gasteiger partial charge in [0.2, 0.25) is 10.0 Å². The maximum atomic E-state index is 13.2. The van der Waals surface area contributed by atoms with Crippen molar-refractivity contribution < 1.29 is 17.5 Å². The van der Waals surface area contributed by atoms with E-state index in [0.29, 0.717) is 31.5 Å². The normalized spacial score (nSPS) is 22.8. The minimum absolute atomic E-state index is 0.191. The molecule has 7 heteroatoms. The maximum Gasteiger partial charge on any atom is 0.243 e. The molecule has 2 heterocycles. The second kappa shape index (κ2) is 5.53. The minimum Gasteiger partial charge on any atom is -0.363 e. The summed E-state index contributed by atoms with van der Waals surface area (Å²) in [4.78, 5) is 0.00368. The van der Waals surface area contributed by atoms with Gasteiger partial charge in [-0.05, 0) is 43.5 Å². The fraction of sp³-hybridized carbons (Fsp3) is 0.571. The lowest BCUT2D eigenvalue weighted by Gasteiger charge is -2.37. The van der Waals surface area contributed by atoms with E-state index >= 15 is 0 Å².